The Kier molecular flexibility index (Phi) is 5.89. The summed E-state index contributed by atoms with van der Waals surface area (Å²) >= 11 is 1.27. The van der Waals surface area contributed by atoms with Gasteiger partial charge in [0.1, 0.15) is 11.3 Å². The third kappa shape index (κ3) is 4.46. The van der Waals surface area contributed by atoms with E-state index in [0.717, 1.165) is 11.0 Å². The van der Waals surface area contributed by atoms with Crippen LogP contribution in [0.5, 0.6) is 5.75 Å². The molecule has 166 valence electrons. The van der Waals surface area contributed by atoms with Gasteiger partial charge in [0, 0.05) is 35.1 Å². The molecule has 2 atom stereocenters. The molecule has 3 rings (SSSR count). The monoisotopic (exact) mass is 447 g/mol. The fraction of sp³-hybridized carbons (Fsp3) is 0.579. The van der Waals surface area contributed by atoms with Gasteiger partial charge in [-0.2, -0.15) is 0 Å². The Balaban J connectivity index is 2.20. The van der Waals surface area contributed by atoms with Gasteiger partial charge in [-0.3, -0.25) is 4.90 Å². The zero-order valence-corrected chi connectivity index (χ0v) is 17.6. The summed E-state index contributed by atoms with van der Waals surface area (Å²) in [7, 11) is 0. The van der Waals surface area contributed by atoms with Crippen LogP contribution in [0.4, 0.5) is 23.7 Å². The van der Waals surface area contributed by atoms with Crippen molar-refractivity contribution >= 4 is 28.7 Å². The number of halogens is 3. The van der Waals surface area contributed by atoms with Gasteiger partial charge in [0.2, 0.25) is 0 Å². The molecule has 1 fully saturated rings. The highest BCUT2D eigenvalue weighted by molar-refractivity contribution is 8.13. The number of thioether (sulfide) groups is 1. The SMILES string of the molecule is CC(C)(C)N(C(=O)O)C1=N[C@@]2(c3cc(N)ccc3OC(F)(F)F)COCC[C@H]2CS1. The number of carbonyl (C=O) groups is 1. The number of hydrogen-bond acceptors (Lipinski definition) is 6. The minimum Gasteiger partial charge on any atom is -0.465 e. The van der Waals surface area contributed by atoms with Gasteiger partial charge >= 0.3 is 12.5 Å². The average Bonchev–Trinajstić information content (AvgIpc) is 2.60. The number of nitrogens with zero attached hydrogens (tertiary/aromatic N) is 2. The second-order valence-corrected chi connectivity index (χ2v) is 9.25. The maximum Gasteiger partial charge on any atom is 0.573 e. The number of alkyl halides is 3. The van der Waals surface area contributed by atoms with Crippen molar-refractivity contribution in [3.05, 3.63) is 23.8 Å². The number of nitrogen functional groups attached to an aromatic ring is 1. The molecule has 0 radical (unpaired) electrons. The van der Waals surface area contributed by atoms with Crippen molar-refractivity contribution in [1.82, 2.24) is 4.90 Å². The zero-order valence-electron chi connectivity index (χ0n) is 16.8. The first-order chi connectivity index (χ1) is 13.8. The lowest BCUT2D eigenvalue weighted by Gasteiger charge is -2.46. The minimum atomic E-state index is -4.90. The predicted molar refractivity (Wildman–Crippen MR) is 108 cm³/mol. The summed E-state index contributed by atoms with van der Waals surface area (Å²) in [5, 5.41) is 9.98. The molecule has 11 heteroatoms. The third-order valence-electron chi connectivity index (χ3n) is 5.07. The van der Waals surface area contributed by atoms with Crippen LogP contribution >= 0.6 is 11.8 Å². The van der Waals surface area contributed by atoms with Crippen LogP contribution in [0.1, 0.15) is 32.8 Å². The molecule has 0 aliphatic carbocycles. The fourth-order valence-electron chi connectivity index (χ4n) is 3.76. The van der Waals surface area contributed by atoms with Gasteiger partial charge in [-0.15, -0.1) is 13.2 Å². The van der Waals surface area contributed by atoms with Crippen molar-refractivity contribution in [1.29, 1.82) is 0 Å². The summed E-state index contributed by atoms with van der Waals surface area (Å²) in [5.41, 5.74) is 4.24. The van der Waals surface area contributed by atoms with E-state index >= 15 is 0 Å². The van der Waals surface area contributed by atoms with Crippen molar-refractivity contribution in [2.24, 2.45) is 10.9 Å². The van der Waals surface area contributed by atoms with Gasteiger partial charge in [-0.05, 0) is 45.4 Å². The van der Waals surface area contributed by atoms with Gasteiger partial charge < -0.3 is 20.3 Å². The summed E-state index contributed by atoms with van der Waals surface area (Å²) in [6, 6.07) is 3.89. The molecule has 2 aliphatic heterocycles. The summed E-state index contributed by atoms with van der Waals surface area (Å²) in [6.45, 7) is 5.60. The normalized spacial score (nSPS) is 24.6. The minimum absolute atomic E-state index is 0.00298. The van der Waals surface area contributed by atoms with Gasteiger partial charge in [-0.1, -0.05) is 11.8 Å². The van der Waals surface area contributed by atoms with Crippen LogP contribution < -0.4 is 10.5 Å². The highest BCUT2D eigenvalue weighted by Crippen LogP contribution is 2.49. The Morgan fingerprint density at radius 1 is 1.40 bits per heavy atom. The van der Waals surface area contributed by atoms with Gasteiger partial charge in [0.15, 0.2) is 5.17 Å². The van der Waals surface area contributed by atoms with Gasteiger partial charge in [0.25, 0.3) is 0 Å². The smallest absolute Gasteiger partial charge is 0.465 e. The van der Waals surface area contributed by atoms with Crippen LogP contribution in [0.3, 0.4) is 0 Å². The number of fused-ring (bicyclic) bond motifs is 1. The van der Waals surface area contributed by atoms with E-state index in [0.29, 0.717) is 18.8 Å². The Labute approximate surface area is 176 Å². The Morgan fingerprint density at radius 3 is 2.70 bits per heavy atom. The molecular weight excluding hydrogens is 423 g/mol. The van der Waals surface area contributed by atoms with E-state index in [1.54, 1.807) is 20.8 Å². The van der Waals surface area contributed by atoms with Crippen LogP contribution in [-0.4, -0.2) is 52.1 Å². The van der Waals surface area contributed by atoms with E-state index in [1.165, 1.54) is 23.9 Å². The summed E-state index contributed by atoms with van der Waals surface area (Å²) < 4.78 is 49.1. The van der Waals surface area contributed by atoms with E-state index in [-0.39, 0.29) is 28.9 Å². The van der Waals surface area contributed by atoms with Crippen LogP contribution in [0.25, 0.3) is 0 Å². The number of carboxylic acid groups (broad SMARTS) is 1. The summed E-state index contributed by atoms with van der Waals surface area (Å²) in [5.74, 6) is -0.115. The van der Waals surface area contributed by atoms with E-state index < -0.39 is 29.3 Å². The lowest BCUT2D eigenvalue weighted by Crippen LogP contribution is -2.53. The Bertz CT molecular complexity index is 856. The topological polar surface area (TPSA) is 97.4 Å². The molecule has 0 aromatic heterocycles. The maximum absolute atomic E-state index is 13.1. The van der Waals surface area contributed by atoms with E-state index in [1.807, 2.05) is 0 Å². The second-order valence-electron chi connectivity index (χ2n) is 8.26. The highest BCUT2D eigenvalue weighted by Gasteiger charge is 2.50. The summed E-state index contributed by atoms with van der Waals surface area (Å²) in [4.78, 5) is 17.8. The number of anilines is 1. The molecule has 7 nitrogen and oxygen atoms in total. The van der Waals surface area contributed by atoms with E-state index in [9.17, 15) is 23.1 Å². The molecule has 30 heavy (non-hydrogen) atoms. The molecule has 2 heterocycles. The first-order valence-electron chi connectivity index (χ1n) is 9.33. The van der Waals surface area contributed by atoms with Crippen molar-refractivity contribution < 1.29 is 32.5 Å². The lowest BCUT2D eigenvalue weighted by atomic mass is 9.76. The van der Waals surface area contributed by atoms with Gasteiger partial charge in [-0.25, -0.2) is 9.79 Å². The number of rotatable bonds is 2. The Morgan fingerprint density at radius 2 is 2.10 bits per heavy atom. The van der Waals surface area contributed by atoms with Crippen molar-refractivity contribution in [2.45, 2.75) is 44.6 Å². The molecule has 2 aliphatic rings. The molecule has 0 spiro atoms. The molecule has 0 unspecified atom stereocenters. The molecule has 1 saturated heterocycles. The average molecular weight is 447 g/mol. The lowest BCUT2D eigenvalue weighted by molar-refractivity contribution is -0.275. The van der Waals surface area contributed by atoms with E-state index in [2.05, 4.69) is 4.74 Å². The van der Waals surface area contributed by atoms with Crippen LogP contribution in [0, 0.1) is 5.92 Å². The number of amidine groups is 1. The Hall–Kier alpha value is -2.14. The van der Waals surface area contributed by atoms with Crippen molar-refractivity contribution in [3.8, 4) is 5.75 Å². The van der Waals surface area contributed by atoms with Gasteiger partial charge in [0.05, 0.1) is 6.61 Å². The number of hydrogen-bond donors (Lipinski definition) is 2. The number of ether oxygens (including phenoxy) is 2. The number of aliphatic imine (C=N–C) groups is 1. The molecule has 0 bridgehead atoms. The second kappa shape index (κ2) is 7.84. The number of nitrogens with two attached hydrogens (primary N) is 1. The van der Waals surface area contributed by atoms with E-state index in [4.69, 9.17) is 15.5 Å². The van der Waals surface area contributed by atoms with Crippen LogP contribution in [-0.2, 0) is 10.3 Å². The highest BCUT2D eigenvalue weighted by atomic mass is 32.2. The third-order valence-corrected chi connectivity index (χ3v) is 6.17. The largest absolute Gasteiger partial charge is 0.573 e. The fourth-order valence-corrected chi connectivity index (χ4v) is 5.26. The van der Waals surface area contributed by atoms with Crippen molar-refractivity contribution in [2.75, 3.05) is 24.7 Å². The molecule has 3 N–H and O–H groups in total. The zero-order chi connectivity index (χ0) is 22.3. The van der Waals surface area contributed by atoms with Crippen LogP contribution in [0.2, 0.25) is 0 Å². The van der Waals surface area contributed by atoms with Crippen molar-refractivity contribution in [3.63, 3.8) is 0 Å². The first kappa shape index (κ1) is 22.5. The number of amides is 1. The number of benzene rings is 1. The standard InChI is InChI=1S/C19H24F3N3O4S/c1-17(2,3)25(16(26)27)15-24-18(10-28-7-6-11(18)9-30-15)13-8-12(23)4-5-14(13)29-19(20,21)22/h4-5,8,11H,6-7,9-10,23H2,1-3H3,(H,26,27)/t11-,18-/m0/s1. The predicted octanol–water partition coefficient (Wildman–Crippen LogP) is 4.28. The quantitative estimate of drug-likeness (QED) is 0.657. The maximum atomic E-state index is 13.1. The molecule has 1 aromatic rings. The summed E-state index contributed by atoms with van der Waals surface area (Å²) in [6.07, 6.45) is -5.54. The first-order valence-corrected chi connectivity index (χ1v) is 10.3. The molecule has 1 aromatic carbocycles. The molecular formula is C19H24F3N3O4S. The molecule has 1 amide bonds. The van der Waals surface area contributed by atoms with Crippen LogP contribution in [0.15, 0.2) is 23.2 Å². The molecule has 0 saturated carbocycles.